The van der Waals surface area contributed by atoms with Crippen LogP contribution >= 0.6 is 0 Å². The summed E-state index contributed by atoms with van der Waals surface area (Å²) in [6.45, 7) is -1.96. The maximum Gasteiger partial charge on any atom is 0.428 e. The summed E-state index contributed by atoms with van der Waals surface area (Å²) in [6, 6.07) is 0. The molecule has 1 nitrogen and oxygen atoms in total. The highest BCUT2D eigenvalue weighted by Gasteiger charge is 2.94. The lowest BCUT2D eigenvalue weighted by Crippen LogP contribution is -2.69. The Morgan fingerprint density at radius 2 is 1.05 bits per heavy atom. The van der Waals surface area contributed by atoms with Crippen LogP contribution in [0.15, 0.2) is 0 Å². The van der Waals surface area contributed by atoms with E-state index in [-0.39, 0.29) is 0 Å². The fourth-order valence-electron chi connectivity index (χ4n) is 1.65. The molecule has 0 aromatic carbocycles. The predicted molar refractivity (Wildman–Crippen MR) is 44.8 cm³/mol. The van der Waals surface area contributed by atoms with Gasteiger partial charge < -0.3 is 0 Å². The van der Waals surface area contributed by atoms with Crippen LogP contribution in [-0.2, 0) is 4.74 Å². The zero-order valence-corrected chi connectivity index (χ0v) is 10.4. The van der Waals surface area contributed by atoms with Gasteiger partial charge in [0.1, 0.15) is 0 Å². The van der Waals surface area contributed by atoms with Crippen LogP contribution in [0.25, 0.3) is 0 Å². The fourth-order valence-corrected chi connectivity index (χ4v) is 1.65. The Kier molecular flexibility index (Phi) is 3.61. The monoisotopic (exact) mass is 358 g/mol. The zero-order valence-electron chi connectivity index (χ0n) is 10.4. The average Bonchev–Trinajstić information content (AvgIpc) is 2.25. The molecule has 1 fully saturated rings. The Morgan fingerprint density at radius 1 is 0.682 bits per heavy atom. The Hall–Kier alpha value is -0.880. The van der Waals surface area contributed by atoms with Gasteiger partial charge in [0.2, 0.25) is 5.67 Å². The van der Waals surface area contributed by atoms with Crippen LogP contribution in [-0.4, -0.2) is 41.3 Å². The third kappa shape index (κ3) is 1.80. The van der Waals surface area contributed by atoms with Crippen LogP contribution in [0.3, 0.4) is 0 Å². The van der Waals surface area contributed by atoms with Crippen molar-refractivity contribution < 1.29 is 57.4 Å². The van der Waals surface area contributed by atoms with Crippen LogP contribution in [0.2, 0.25) is 0 Å². The van der Waals surface area contributed by atoms with Gasteiger partial charge in [-0.05, 0) is 6.92 Å². The molecule has 22 heavy (non-hydrogen) atoms. The summed E-state index contributed by atoms with van der Waals surface area (Å²) in [7, 11) is 0. The van der Waals surface area contributed by atoms with Gasteiger partial charge in [-0.3, -0.25) is 4.74 Å². The van der Waals surface area contributed by atoms with E-state index in [9.17, 15) is 52.7 Å². The smallest absolute Gasteiger partial charge is 0.267 e. The lowest BCUT2D eigenvalue weighted by molar-refractivity contribution is -0.461. The average molecular weight is 358 g/mol. The highest BCUT2D eigenvalue weighted by Crippen LogP contribution is 2.65. The number of hydrogen-bond donors (Lipinski definition) is 0. The molecule has 2 unspecified atom stereocenters. The first kappa shape index (κ1) is 19.2. The van der Waals surface area contributed by atoms with Gasteiger partial charge in [0.25, 0.3) is 0 Å². The zero-order chi connectivity index (χ0) is 18.2. The van der Waals surface area contributed by atoms with Crippen molar-refractivity contribution in [3.63, 3.8) is 0 Å². The van der Waals surface area contributed by atoms with Gasteiger partial charge in [0.15, 0.2) is 0 Å². The molecule has 1 heterocycles. The van der Waals surface area contributed by atoms with Crippen molar-refractivity contribution in [2.24, 2.45) is 0 Å². The van der Waals surface area contributed by atoms with Crippen molar-refractivity contribution in [1.29, 1.82) is 0 Å². The van der Waals surface area contributed by atoms with Crippen molar-refractivity contribution in [2.45, 2.75) is 55.2 Å². The molecular formula is C9H6F12O. The molecule has 0 N–H and O–H groups in total. The first-order valence-corrected chi connectivity index (χ1v) is 5.18. The minimum atomic E-state index is -7.05. The van der Waals surface area contributed by atoms with Crippen molar-refractivity contribution in [2.75, 3.05) is 0 Å². The minimum absolute atomic E-state index is 0.853. The summed E-state index contributed by atoms with van der Waals surface area (Å²) in [5.74, 6) is -33.0. The molecule has 0 amide bonds. The van der Waals surface area contributed by atoms with Crippen molar-refractivity contribution in [3.05, 3.63) is 0 Å². The molecule has 0 aromatic heterocycles. The highest BCUT2D eigenvalue weighted by atomic mass is 19.4. The molecule has 0 aromatic rings. The number of rotatable bonds is 1. The van der Waals surface area contributed by atoms with E-state index in [1.165, 1.54) is 0 Å². The van der Waals surface area contributed by atoms with Gasteiger partial charge in [0, 0.05) is 6.92 Å². The first-order valence-electron chi connectivity index (χ1n) is 5.18. The largest absolute Gasteiger partial charge is 0.428 e. The third-order valence-corrected chi connectivity index (χ3v) is 3.18. The van der Waals surface area contributed by atoms with E-state index >= 15 is 0 Å². The minimum Gasteiger partial charge on any atom is -0.267 e. The van der Waals surface area contributed by atoms with Gasteiger partial charge in [-0.25, -0.2) is 13.2 Å². The van der Waals surface area contributed by atoms with Crippen molar-refractivity contribution in [3.8, 4) is 0 Å². The Labute approximate surface area is 114 Å². The van der Waals surface area contributed by atoms with E-state index in [2.05, 4.69) is 4.74 Å². The molecule has 1 aliphatic rings. The molecule has 13 heteroatoms. The van der Waals surface area contributed by atoms with Crippen LogP contribution in [0.1, 0.15) is 13.8 Å². The summed E-state index contributed by atoms with van der Waals surface area (Å²) in [4.78, 5) is 0. The fraction of sp³-hybridized carbons (Fsp3) is 1.00. The highest BCUT2D eigenvalue weighted by molar-refractivity contribution is 5.18. The Morgan fingerprint density at radius 3 is 1.36 bits per heavy atom. The summed E-state index contributed by atoms with van der Waals surface area (Å²) in [5, 5.41) is 0. The number of alkyl halides is 12. The summed E-state index contributed by atoms with van der Waals surface area (Å²) >= 11 is 0. The number of hydrogen-bond acceptors (Lipinski definition) is 1. The Bertz CT molecular complexity index is 464. The van der Waals surface area contributed by atoms with Crippen LogP contribution in [0.4, 0.5) is 52.7 Å². The molecular weight excluding hydrogens is 352 g/mol. The molecule has 0 radical (unpaired) electrons. The molecule has 0 bridgehead atoms. The lowest BCUT2D eigenvalue weighted by Gasteiger charge is -2.41. The maximum atomic E-state index is 13.7. The summed E-state index contributed by atoms with van der Waals surface area (Å²) in [6.07, 6.45) is -6.86. The third-order valence-electron chi connectivity index (χ3n) is 3.18. The predicted octanol–water partition coefficient (Wildman–Crippen LogP) is 4.56. The van der Waals surface area contributed by atoms with E-state index in [0.717, 1.165) is 0 Å². The SMILES string of the molecule is CC(F)(F)C1(F)OC(F)(F)C(F)(F)C(F)(F)C(C)(F)C1(F)F. The van der Waals surface area contributed by atoms with Gasteiger partial charge in [-0.2, -0.15) is 39.5 Å². The lowest BCUT2D eigenvalue weighted by atomic mass is 9.83. The summed E-state index contributed by atoms with van der Waals surface area (Å²) in [5.41, 5.74) is -6.14. The van der Waals surface area contributed by atoms with E-state index in [4.69, 9.17) is 0 Å². The van der Waals surface area contributed by atoms with E-state index in [1.807, 2.05) is 0 Å². The molecule has 0 spiro atoms. The molecule has 1 rings (SSSR count). The second-order valence-corrected chi connectivity index (χ2v) is 4.83. The van der Waals surface area contributed by atoms with Crippen LogP contribution in [0, 0.1) is 0 Å². The van der Waals surface area contributed by atoms with Gasteiger partial charge in [-0.15, -0.1) is 0 Å². The van der Waals surface area contributed by atoms with Crippen molar-refractivity contribution in [1.82, 2.24) is 0 Å². The second kappa shape index (κ2) is 4.15. The molecule has 0 saturated carbocycles. The number of halogens is 12. The Balaban J connectivity index is 3.87. The van der Waals surface area contributed by atoms with Gasteiger partial charge >= 0.3 is 35.7 Å². The van der Waals surface area contributed by atoms with Crippen LogP contribution in [0.5, 0.6) is 0 Å². The number of ether oxygens (including phenoxy) is 1. The maximum absolute atomic E-state index is 13.7. The summed E-state index contributed by atoms with van der Waals surface area (Å²) < 4.78 is 160. The normalized spacial score (nSPS) is 40.1. The quantitative estimate of drug-likeness (QED) is 0.625. The van der Waals surface area contributed by atoms with Crippen molar-refractivity contribution >= 4 is 0 Å². The molecule has 1 aliphatic heterocycles. The second-order valence-electron chi connectivity index (χ2n) is 4.83. The molecule has 0 aliphatic carbocycles. The van der Waals surface area contributed by atoms with E-state index in [1.54, 1.807) is 0 Å². The van der Waals surface area contributed by atoms with Gasteiger partial charge in [0.05, 0.1) is 0 Å². The molecule has 1 saturated heterocycles. The van der Waals surface area contributed by atoms with Crippen LogP contribution < -0.4 is 0 Å². The first-order chi connectivity index (χ1) is 9.21. The molecule has 132 valence electrons. The molecule has 2 atom stereocenters. The van der Waals surface area contributed by atoms with Gasteiger partial charge in [-0.1, -0.05) is 0 Å². The standard InChI is InChI=1S/C9H6F12O/c1-3(10)5(13,14)7(17,18)9(20,21)22-8(19,4(2,11)12)6(3,15)16/h1-2H3. The van der Waals surface area contributed by atoms with E-state index in [0.29, 0.717) is 0 Å². The van der Waals surface area contributed by atoms with E-state index < -0.39 is 55.2 Å². The topological polar surface area (TPSA) is 9.23 Å².